The van der Waals surface area contributed by atoms with E-state index in [1.165, 1.54) is 0 Å². The minimum absolute atomic E-state index is 0.499. The maximum Gasteiger partial charge on any atom is 0.330 e. The molecule has 0 aliphatic heterocycles. The number of aliphatic carboxylic acids is 1. The Morgan fingerprint density at radius 1 is 1.21 bits per heavy atom. The summed E-state index contributed by atoms with van der Waals surface area (Å²) >= 11 is 9.28. The molecule has 1 unspecified atom stereocenters. The van der Waals surface area contributed by atoms with Crippen LogP contribution < -0.4 is 5.32 Å². The third kappa shape index (κ3) is 3.49. The van der Waals surface area contributed by atoms with Crippen LogP contribution in [-0.4, -0.2) is 11.1 Å². The molecule has 1 atom stereocenters. The molecule has 0 amide bonds. The van der Waals surface area contributed by atoms with E-state index in [9.17, 15) is 9.90 Å². The van der Waals surface area contributed by atoms with Crippen LogP contribution in [-0.2, 0) is 4.79 Å². The fraction of sp³-hybridized carbons (Fsp3) is 0.0714. The van der Waals surface area contributed by atoms with E-state index in [2.05, 4.69) is 21.2 Å². The average molecular weight is 341 g/mol. The smallest absolute Gasteiger partial charge is 0.330 e. The third-order valence-electron chi connectivity index (χ3n) is 2.60. The zero-order valence-corrected chi connectivity index (χ0v) is 12.1. The van der Waals surface area contributed by atoms with Crippen molar-refractivity contribution in [2.45, 2.75) is 6.04 Å². The first kappa shape index (κ1) is 13.9. The molecule has 0 aromatic heterocycles. The summed E-state index contributed by atoms with van der Waals surface area (Å²) in [5.74, 6) is -0.966. The van der Waals surface area contributed by atoms with Crippen molar-refractivity contribution < 1.29 is 9.90 Å². The second kappa shape index (κ2) is 6.08. The highest BCUT2D eigenvalue weighted by atomic mass is 79.9. The number of anilines is 1. The maximum atomic E-state index is 11.4. The lowest BCUT2D eigenvalue weighted by Gasteiger charge is -2.17. The van der Waals surface area contributed by atoms with Gasteiger partial charge in [0.2, 0.25) is 0 Å². The van der Waals surface area contributed by atoms with Gasteiger partial charge in [0.05, 0.1) is 0 Å². The minimum atomic E-state index is -0.966. The molecule has 0 saturated heterocycles. The lowest BCUT2D eigenvalue weighted by Crippen LogP contribution is -2.20. The van der Waals surface area contributed by atoms with E-state index in [0.29, 0.717) is 15.1 Å². The number of carboxylic acids is 1. The highest BCUT2D eigenvalue weighted by Crippen LogP contribution is 2.29. The molecule has 5 heteroatoms. The number of carbonyl (C=O) groups is 1. The van der Waals surface area contributed by atoms with E-state index >= 15 is 0 Å². The highest BCUT2D eigenvalue weighted by molar-refractivity contribution is 9.10. The standard InChI is InChI=1S/C14H11BrClNO2/c15-12-7-6-9(16)8-11(12)13(14(18)19)17-10-4-2-1-3-5-10/h1-8,13,17H,(H,18,19). The van der Waals surface area contributed by atoms with Gasteiger partial charge in [-0.1, -0.05) is 45.7 Å². The van der Waals surface area contributed by atoms with Crippen LogP contribution in [0.15, 0.2) is 53.0 Å². The monoisotopic (exact) mass is 339 g/mol. The lowest BCUT2D eigenvalue weighted by molar-refractivity contribution is -0.138. The molecule has 2 rings (SSSR count). The zero-order valence-electron chi connectivity index (χ0n) is 9.81. The molecular weight excluding hydrogens is 330 g/mol. The highest BCUT2D eigenvalue weighted by Gasteiger charge is 2.22. The number of hydrogen-bond acceptors (Lipinski definition) is 2. The predicted octanol–water partition coefficient (Wildman–Crippen LogP) is 4.34. The van der Waals surface area contributed by atoms with Gasteiger partial charge in [-0.3, -0.25) is 0 Å². The van der Waals surface area contributed by atoms with Crippen LogP contribution in [0.25, 0.3) is 0 Å². The number of carboxylic acid groups (broad SMARTS) is 1. The van der Waals surface area contributed by atoms with Crippen LogP contribution in [0.4, 0.5) is 5.69 Å². The van der Waals surface area contributed by atoms with Crippen molar-refractivity contribution >= 4 is 39.2 Å². The van der Waals surface area contributed by atoms with E-state index < -0.39 is 12.0 Å². The molecule has 0 heterocycles. The average Bonchev–Trinajstić information content (AvgIpc) is 2.40. The first-order valence-corrected chi connectivity index (χ1v) is 6.74. The first-order chi connectivity index (χ1) is 9.08. The Labute approximate surface area is 124 Å². The summed E-state index contributed by atoms with van der Waals surface area (Å²) in [4.78, 5) is 11.4. The van der Waals surface area contributed by atoms with Gasteiger partial charge >= 0.3 is 5.97 Å². The van der Waals surface area contributed by atoms with Crippen molar-refractivity contribution in [1.29, 1.82) is 0 Å². The molecule has 3 nitrogen and oxygen atoms in total. The molecular formula is C14H11BrClNO2. The SMILES string of the molecule is O=C(O)C(Nc1ccccc1)c1cc(Cl)ccc1Br. The second-order valence-electron chi connectivity index (χ2n) is 3.95. The fourth-order valence-corrected chi connectivity index (χ4v) is 2.37. The van der Waals surface area contributed by atoms with Gasteiger partial charge in [0.25, 0.3) is 0 Å². The fourth-order valence-electron chi connectivity index (χ4n) is 1.71. The Hall–Kier alpha value is -1.52. The number of rotatable bonds is 4. The van der Waals surface area contributed by atoms with E-state index in [-0.39, 0.29) is 0 Å². The largest absolute Gasteiger partial charge is 0.479 e. The Morgan fingerprint density at radius 3 is 2.53 bits per heavy atom. The first-order valence-electron chi connectivity index (χ1n) is 5.57. The summed E-state index contributed by atoms with van der Waals surface area (Å²) in [7, 11) is 0. The quantitative estimate of drug-likeness (QED) is 0.870. The molecule has 0 aliphatic carbocycles. The molecule has 0 aliphatic rings. The molecule has 0 saturated carbocycles. The summed E-state index contributed by atoms with van der Waals surface area (Å²) in [6, 6.07) is 13.4. The molecule has 98 valence electrons. The van der Waals surface area contributed by atoms with E-state index in [1.807, 2.05) is 30.3 Å². The molecule has 2 N–H and O–H groups in total. The number of benzene rings is 2. The number of para-hydroxylation sites is 1. The molecule has 2 aromatic carbocycles. The van der Waals surface area contributed by atoms with Crippen LogP contribution in [0.3, 0.4) is 0 Å². The van der Waals surface area contributed by atoms with Crippen LogP contribution in [0.5, 0.6) is 0 Å². The van der Waals surface area contributed by atoms with E-state index in [4.69, 9.17) is 11.6 Å². The van der Waals surface area contributed by atoms with Gasteiger partial charge in [0.15, 0.2) is 6.04 Å². The Kier molecular flexibility index (Phi) is 4.45. The summed E-state index contributed by atoms with van der Waals surface area (Å²) in [5, 5.41) is 12.9. The van der Waals surface area contributed by atoms with Crippen molar-refractivity contribution in [2.24, 2.45) is 0 Å². The van der Waals surface area contributed by atoms with Crippen LogP contribution in [0.1, 0.15) is 11.6 Å². The molecule has 2 aromatic rings. The van der Waals surface area contributed by atoms with Crippen molar-refractivity contribution in [3.8, 4) is 0 Å². The topological polar surface area (TPSA) is 49.3 Å². The van der Waals surface area contributed by atoms with Gasteiger partial charge in [0, 0.05) is 20.7 Å². The van der Waals surface area contributed by atoms with E-state index in [1.54, 1.807) is 18.2 Å². The third-order valence-corrected chi connectivity index (χ3v) is 3.56. The van der Waals surface area contributed by atoms with Gasteiger partial charge in [-0.2, -0.15) is 0 Å². The van der Waals surface area contributed by atoms with Crippen LogP contribution in [0.2, 0.25) is 5.02 Å². The van der Waals surface area contributed by atoms with Crippen molar-refractivity contribution in [1.82, 2.24) is 0 Å². The molecule has 0 bridgehead atoms. The van der Waals surface area contributed by atoms with Gasteiger partial charge in [0.1, 0.15) is 0 Å². The van der Waals surface area contributed by atoms with Gasteiger partial charge in [-0.15, -0.1) is 0 Å². The van der Waals surface area contributed by atoms with Gasteiger partial charge < -0.3 is 10.4 Å². The summed E-state index contributed by atoms with van der Waals surface area (Å²) < 4.78 is 0.702. The molecule has 0 fully saturated rings. The van der Waals surface area contributed by atoms with Crippen molar-refractivity contribution in [3.05, 3.63) is 63.6 Å². The van der Waals surface area contributed by atoms with Crippen LogP contribution in [0, 0.1) is 0 Å². The number of halogens is 2. The Bertz CT molecular complexity index is 589. The van der Waals surface area contributed by atoms with Gasteiger partial charge in [-0.05, 0) is 30.3 Å². The van der Waals surface area contributed by atoms with Crippen LogP contribution >= 0.6 is 27.5 Å². The number of nitrogens with one attached hydrogen (secondary N) is 1. The van der Waals surface area contributed by atoms with Gasteiger partial charge in [-0.25, -0.2) is 4.79 Å². The van der Waals surface area contributed by atoms with Crippen molar-refractivity contribution in [2.75, 3.05) is 5.32 Å². The maximum absolute atomic E-state index is 11.4. The normalized spacial score (nSPS) is 11.9. The summed E-state index contributed by atoms with van der Waals surface area (Å²) in [6.07, 6.45) is 0. The lowest BCUT2D eigenvalue weighted by atomic mass is 10.1. The van der Waals surface area contributed by atoms with Crippen molar-refractivity contribution in [3.63, 3.8) is 0 Å². The molecule has 19 heavy (non-hydrogen) atoms. The Morgan fingerprint density at radius 2 is 1.89 bits per heavy atom. The second-order valence-corrected chi connectivity index (χ2v) is 5.24. The Balaban J connectivity index is 2.35. The predicted molar refractivity (Wildman–Crippen MR) is 79.6 cm³/mol. The number of hydrogen-bond donors (Lipinski definition) is 2. The summed E-state index contributed by atoms with van der Waals surface area (Å²) in [6.45, 7) is 0. The van der Waals surface area contributed by atoms with E-state index in [0.717, 1.165) is 5.69 Å². The minimum Gasteiger partial charge on any atom is -0.479 e. The molecule has 0 radical (unpaired) electrons. The summed E-state index contributed by atoms with van der Waals surface area (Å²) in [5.41, 5.74) is 1.32. The zero-order chi connectivity index (χ0) is 13.8. The molecule has 0 spiro atoms.